The normalized spacial score (nSPS) is 13.4. The van der Waals surface area contributed by atoms with Crippen LogP contribution in [-0.4, -0.2) is 12.5 Å². The second kappa shape index (κ2) is 11.0. The van der Waals surface area contributed by atoms with Gasteiger partial charge in [0.1, 0.15) is 11.6 Å². The number of ether oxygens (including phenoxy) is 1. The van der Waals surface area contributed by atoms with Gasteiger partial charge in [0.25, 0.3) is 0 Å². The predicted molar refractivity (Wildman–Crippen MR) is 111 cm³/mol. The summed E-state index contributed by atoms with van der Waals surface area (Å²) in [5.74, 6) is 0.0149. The molecule has 0 fully saturated rings. The highest BCUT2D eigenvalue weighted by molar-refractivity contribution is 5.84. The molecule has 0 aliphatic rings. The molecule has 0 unspecified atom stereocenters. The second-order valence-corrected chi connectivity index (χ2v) is 6.01. The van der Waals surface area contributed by atoms with Crippen molar-refractivity contribution in [1.29, 1.82) is 0 Å². The number of carbonyl (C=O) groups is 1. The fourth-order valence-electron chi connectivity index (χ4n) is 2.56. The molecule has 0 aromatic heterocycles. The molecule has 0 aliphatic heterocycles. The number of amides is 1. The standard InChI is InChI=1S/C23H28FNO2/c1-7-10-19(13-17(5)25-18(6)26)14-22(16(4)8-2)21-12-11-20(24)15-23(21)27-9-3/h7-8,10-15H,1,9H2,2-6H3,(H,25,26)/b16-8+,17-13+,19-10+,22-14+. The Hall–Kier alpha value is -2.88. The van der Waals surface area contributed by atoms with Gasteiger partial charge in [0.15, 0.2) is 0 Å². The first-order valence-corrected chi connectivity index (χ1v) is 8.88. The van der Waals surface area contributed by atoms with Gasteiger partial charge in [-0.05, 0) is 68.7 Å². The molecule has 0 heterocycles. The van der Waals surface area contributed by atoms with Crippen LogP contribution in [0.3, 0.4) is 0 Å². The van der Waals surface area contributed by atoms with Crippen LogP contribution in [0.1, 0.15) is 40.2 Å². The van der Waals surface area contributed by atoms with Gasteiger partial charge >= 0.3 is 0 Å². The highest BCUT2D eigenvalue weighted by atomic mass is 19.1. The number of rotatable bonds is 8. The summed E-state index contributed by atoms with van der Waals surface area (Å²) >= 11 is 0. The maximum Gasteiger partial charge on any atom is 0.220 e. The van der Waals surface area contributed by atoms with Crippen molar-refractivity contribution in [3.05, 3.63) is 83.4 Å². The van der Waals surface area contributed by atoms with E-state index >= 15 is 0 Å². The summed E-state index contributed by atoms with van der Waals surface area (Å²) in [4.78, 5) is 11.3. The van der Waals surface area contributed by atoms with E-state index in [1.165, 1.54) is 19.1 Å². The number of nitrogens with one attached hydrogen (secondary N) is 1. The highest BCUT2D eigenvalue weighted by Gasteiger charge is 2.12. The minimum Gasteiger partial charge on any atom is -0.493 e. The molecule has 3 nitrogen and oxygen atoms in total. The average molecular weight is 369 g/mol. The molecule has 0 bridgehead atoms. The van der Waals surface area contributed by atoms with E-state index in [1.54, 1.807) is 12.1 Å². The van der Waals surface area contributed by atoms with Crippen LogP contribution in [0, 0.1) is 5.82 Å². The van der Waals surface area contributed by atoms with Crippen LogP contribution in [0.4, 0.5) is 4.39 Å². The minimum atomic E-state index is -0.345. The van der Waals surface area contributed by atoms with Gasteiger partial charge in [-0.2, -0.15) is 0 Å². The molecule has 0 spiro atoms. The quantitative estimate of drug-likeness (QED) is 0.595. The lowest BCUT2D eigenvalue weighted by molar-refractivity contribution is -0.118. The Kier molecular flexibility index (Phi) is 9.00. The lowest BCUT2D eigenvalue weighted by Crippen LogP contribution is -2.17. The Morgan fingerprint density at radius 1 is 1.26 bits per heavy atom. The molecule has 144 valence electrons. The third kappa shape index (κ3) is 7.10. The van der Waals surface area contributed by atoms with Crippen LogP contribution in [0.5, 0.6) is 5.75 Å². The fraction of sp³-hybridized carbons (Fsp3) is 0.261. The van der Waals surface area contributed by atoms with Crippen molar-refractivity contribution in [3.8, 4) is 5.75 Å². The number of halogens is 1. The van der Waals surface area contributed by atoms with Gasteiger partial charge < -0.3 is 10.1 Å². The van der Waals surface area contributed by atoms with E-state index < -0.39 is 0 Å². The monoisotopic (exact) mass is 369 g/mol. The molecule has 1 amide bonds. The molecule has 0 saturated heterocycles. The van der Waals surface area contributed by atoms with E-state index in [0.29, 0.717) is 18.1 Å². The molecule has 0 aliphatic carbocycles. The van der Waals surface area contributed by atoms with E-state index in [0.717, 1.165) is 22.3 Å². The Morgan fingerprint density at radius 2 is 1.96 bits per heavy atom. The zero-order valence-electron chi connectivity index (χ0n) is 16.7. The van der Waals surface area contributed by atoms with E-state index in [1.807, 2.05) is 52.0 Å². The van der Waals surface area contributed by atoms with Crippen LogP contribution >= 0.6 is 0 Å². The molecule has 1 aromatic rings. The highest BCUT2D eigenvalue weighted by Crippen LogP contribution is 2.33. The van der Waals surface area contributed by atoms with Gasteiger partial charge in [-0.15, -0.1) is 0 Å². The number of allylic oxidation sites excluding steroid dienone is 9. The second-order valence-electron chi connectivity index (χ2n) is 6.01. The van der Waals surface area contributed by atoms with Gasteiger partial charge in [-0.25, -0.2) is 4.39 Å². The Labute approximate surface area is 161 Å². The maximum absolute atomic E-state index is 13.7. The SMILES string of the molecule is C=C/C=C(\C=C(/C)NC(C)=O)/C=C(\C(C)=C\C)c1ccc(F)cc1OCC. The number of hydrogen-bond acceptors (Lipinski definition) is 2. The van der Waals surface area contributed by atoms with Gasteiger partial charge in [0.05, 0.1) is 6.61 Å². The summed E-state index contributed by atoms with van der Waals surface area (Å²) < 4.78 is 19.4. The van der Waals surface area contributed by atoms with Gasteiger partial charge in [0, 0.05) is 24.3 Å². The summed E-state index contributed by atoms with van der Waals surface area (Å²) in [6.07, 6.45) is 9.34. The zero-order chi connectivity index (χ0) is 20.4. The van der Waals surface area contributed by atoms with Crippen LogP contribution < -0.4 is 10.1 Å². The number of benzene rings is 1. The van der Waals surface area contributed by atoms with Crippen molar-refractivity contribution < 1.29 is 13.9 Å². The lowest BCUT2D eigenvalue weighted by atomic mass is 9.95. The average Bonchev–Trinajstić information content (AvgIpc) is 2.59. The first-order valence-electron chi connectivity index (χ1n) is 8.88. The predicted octanol–water partition coefficient (Wildman–Crippen LogP) is 5.73. The van der Waals surface area contributed by atoms with Crippen molar-refractivity contribution in [1.82, 2.24) is 5.32 Å². The summed E-state index contributed by atoms with van der Waals surface area (Å²) in [5, 5.41) is 2.76. The third-order valence-corrected chi connectivity index (χ3v) is 3.77. The van der Waals surface area contributed by atoms with Gasteiger partial charge in [0.2, 0.25) is 5.91 Å². The summed E-state index contributed by atoms with van der Waals surface area (Å²) in [5.41, 5.74) is 4.28. The molecule has 0 atom stereocenters. The molecule has 0 saturated carbocycles. The van der Waals surface area contributed by atoms with Crippen LogP contribution in [0.15, 0.2) is 72.0 Å². The molecule has 0 radical (unpaired) electrons. The lowest BCUT2D eigenvalue weighted by Gasteiger charge is -2.15. The largest absolute Gasteiger partial charge is 0.493 e. The maximum atomic E-state index is 13.7. The molecule has 4 heteroatoms. The van der Waals surface area contributed by atoms with Crippen LogP contribution in [0.25, 0.3) is 5.57 Å². The molecule has 1 N–H and O–H groups in total. The van der Waals surface area contributed by atoms with E-state index in [4.69, 9.17) is 4.74 Å². The minimum absolute atomic E-state index is 0.132. The van der Waals surface area contributed by atoms with Crippen molar-refractivity contribution in [3.63, 3.8) is 0 Å². The molecular weight excluding hydrogens is 341 g/mol. The van der Waals surface area contributed by atoms with Crippen molar-refractivity contribution in [2.24, 2.45) is 0 Å². The number of hydrogen-bond donors (Lipinski definition) is 1. The summed E-state index contributed by atoms with van der Waals surface area (Å²) in [7, 11) is 0. The van der Waals surface area contributed by atoms with Gasteiger partial charge in [-0.1, -0.05) is 24.8 Å². The Morgan fingerprint density at radius 3 is 2.52 bits per heavy atom. The fourth-order valence-corrected chi connectivity index (χ4v) is 2.56. The molecule has 1 rings (SSSR count). The van der Waals surface area contributed by atoms with Crippen molar-refractivity contribution in [2.45, 2.75) is 34.6 Å². The Bertz CT molecular complexity index is 814. The zero-order valence-corrected chi connectivity index (χ0v) is 16.7. The Balaban J connectivity index is 3.56. The van der Waals surface area contributed by atoms with E-state index in [2.05, 4.69) is 11.9 Å². The molecule has 1 aromatic carbocycles. The summed E-state index contributed by atoms with van der Waals surface area (Å²) in [6.45, 7) is 13.3. The van der Waals surface area contributed by atoms with Crippen LogP contribution in [-0.2, 0) is 4.79 Å². The van der Waals surface area contributed by atoms with Crippen molar-refractivity contribution in [2.75, 3.05) is 6.61 Å². The smallest absolute Gasteiger partial charge is 0.220 e. The first-order chi connectivity index (χ1) is 12.8. The van der Waals surface area contributed by atoms with E-state index in [9.17, 15) is 9.18 Å². The topological polar surface area (TPSA) is 38.3 Å². The van der Waals surface area contributed by atoms with Crippen LogP contribution in [0.2, 0.25) is 0 Å². The first kappa shape index (κ1) is 22.2. The van der Waals surface area contributed by atoms with Crippen molar-refractivity contribution >= 4 is 11.5 Å². The third-order valence-electron chi connectivity index (χ3n) is 3.77. The number of carbonyl (C=O) groups excluding carboxylic acids is 1. The van der Waals surface area contributed by atoms with E-state index in [-0.39, 0.29) is 11.7 Å². The molecule has 27 heavy (non-hydrogen) atoms. The van der Waals surface area contributed by atoms with Gasteiger partial charge in [-0.3, -0.25) is 4.79 Å². The molecular formula is C23H28FNO2. The summed E-state index contributed by atoms with van der Waals surface area (Å²) in [6, 6.07) is 4.53.